The van der Waals surface area contributed by atoms with Crippen LogP contribution in [0.5, 0.6) is 0 Å². The molecule has 3 N–H and O–H groups in total. The molecule has 0 radical (unpaired) electrons. The molecule has 6 heteroatoms. The first-order valence-corrected chi connectivity index (χ1v) is 10.8. The van der Waals surface area contributed by atoms with Crippen LogP contribution >= 0.6 is 12.4 Å². The van der Waals surface area contributed by atoms with Gasteiger partial charge < -0.3 is 15.4 Å². The second-order valence-electron chi connectivity index (χ2n) is 9.78. The lowest BCUT2D eigenvalue weighted by molar-refractivity contribution is -0.00687. The minimum Gasteiger partial charge on any atom is -0.412 e. The van der Waals surface area contributed by atoms with Gasteiger partial charge in [0.1, 0.15) is 11.3 Å². The van der Waals surface area contributed by atoms with E-state index in [-0.39, 0.29) is 17.9 Å². The van der Waals surface area contributed by atoms with E-state index in [2.05, 4.69) is 16.0 Å². The molecule has 2 aromatic rings. The Bertz CT molecular complexity index is 822. The molecule has 3 heterocycles. The van der Waals surface area contributed by atoms with Gasteiger partial charge in [0.15, 0.2) is 5.82 Å². The van der Waals surface area contributed by atoms with Crippen LogP contribution in [0.25, 0.3) is 11.0 Å². The molecular weight excluding hydrogens is 372 g/mol. The van der Waals surface area contributed by atoms with Gasteiger partial charge in [0.2, 0.25) is 0 Å². The number of piperidine rings is 1. The molecule has 0 atom stereocenters. The summed E-state index contributed by atoms with van der Waals surface area (Å²) in [6.45, 7) is 4.32. The van der Waals surface area contributed by atoms with Crippen molar-refractivity contribution in [3.05, 3.63) is 17.6 Å². The maximum absolute atomic E-state index is 4.87. The summed E-state index contributed by atoms with van der Waals surface area (Å²) in [7, 11) is 0. The number of aryl methyl sites for hydroxylation is 1. The third-order valence-electron chi connectivity index (χ3n) is 7.84. The molecule has 1 saturated heterocycles. The number of nitrogens with one attached hydrogen (secondary N) is 1. The first-order chi connectivity index (χ1) is 12.7. The van der Waals surface area contributed by atoms with Crippen molar-refractivity contribution < 1.29 is 5.48 Å². The van der Waals surface area contributed by atoms with E-state index in [1.807, 2.05) is 6.92 Å². The third-order valence-corrected chi connectivity index (χ3v) is 7.84. The normalized spacial score (nSPS) is 33.6. The van der Waals surface area contributed by atoms with E-state index < -0.39 is 0 Å². The van der Waals surface area contributed by atoms with E-state index in [0.717, 1.165) is 48.0 Å². The van der Waals surface area contributed by atoms with Crippen molar-refractivity contribution in [1.82, 2.24) is 15.0 Å². The summed E-state index contributed by atoms with van der Waals surface area (Å²) < 4.78 is 0. The Hall–Kier alpha value is -1.33. The fourth-order valence-corrected chi connectivity index (χ4v) is 7.17. The Morgan fingerprint density at radius 2 is 1.57 bits per heavy atom. The molecule has 0 spiro atoms. The van der Waals surface area contributed by atoms with Crippen LogP contribution in [-0.2, 0) is 5.41 Å². The van der Waals surface area contributed by atoms with Gasteiger partial charge in [0.25, 0.3) is 0 Å². The highest BCUT2D eigenvalue weighted by Gasteiger charge is 2.52. The molecule has 4 bridgehead atoms. The standard InChI is InChI=1S/C22H30N4.ClH.H2O/c1-14-23-18-10-19(22-11-15-7-16(12-22)9-17(8-15)13-22)25-20(18)21(24-14)26-5-3-2-4-6-26;;/h10,15-17,25H,2-9,11-13H2,1H3;1H;1H2. The zero-order valence-corrected chi connectivity index (χ0v) is 17.7. The molecule has 5 fully saturated rings. The number of aromatic amines is 1. The second-order valence-corrected chi connectivity index (χ2v) is 9.78. The van der Waals surface area contributed by atoms with Crippen molar-refractivity contribution in [3.63, 3.8) is 0 Å². The van der Waals surface area contributed by atoms with Crippen LogP contribution < -0.4 is 4.90 Å². The Morgan fingerprint density at radius 3 is 2.18 bits per heavy atom. The molecule has 1 aliphatic heterocycles. The lowest BCUT2D eigenvalue weighted by atomic mass is 9.49. The van der Waals surface area contributed by atoms with Crippen molar-refractivity contribution in [3.8, 4) is 0 Å². The first kappa shape index (κ1) is 20.0. The van der Waals surface area contributed by atoms with Crippen molar-refractivity contribution in [1.29, 1.82) is 0 Å². The Morgan fingerprint density at radius 1 is 0.964 bits per heavy atom. The SMILES string of the molecule is Cc1nc(N2CCCCC2)c2[nH]c(C34CC5CC(CC(C5)C3)C4)cc2n1.Cl.O. The monoisotopic (exact) mass is 404 g/mol. The van der Waals surface area contributed by atoms with Gasteiger partial charge in [-0.25, -0.2) is 9.97 Å². The number of nitrogens with zero attached hydrogens (tertiary/aromatic N) is 3. The number of halogens is 1. The quantitative estimate of drug-likeness (QED) is 0.809. The van der Waals surface area contributed by atoms with Crippen LogP contribution in [0, 0.1) is 24.7 Å². The maximum atomic E-state index is 4.87. The fourth-order valence-electron chi connectivity index (χ4n) is 7.17. The zero-order valence-electron chi connectivity index (χ0n) is 16.8. The average Bonchev–Trinajstić information content (AvgIpc) is 3.05. The van der Waals surface area contributed by atoms with Crippen molar-refractivity contribution in [2.45, 2.75) is 70.1 Å². The highest BCUT2D eigenvalue weighted by Crippen LogP contribution is 2.60. The molecule has 5 aliphatic rings. The molecule has 4 saturated carbocycles. The summed E-state index contributed by atoms with van der Waals surface area (Å²) in [5, 5.41) is 0. The number of fused-ring (bicyclic) bond motifs is 1. The van der Waals surface area contributed by atoms with Gasteiger partial charge in [0, 0.05) is 24.2 Å². The Kier molecular flexibility index (Phi) is 5.11. The van der Waals surface area contributed by atoms with Gasteiger partial charge in [-0.2, -0.15) is 0 Å². The summed E-state index contributed by atoms with van der Waals surface area (Å²) in [5.74, 6) is 4.99. The molecule has 2 aromatic heterocycles. The van der Waals surface area contributed by atoms with Gasteiger partial charge in [-0.05, 0) is 88.5 Å². The lowest BCUT2D eigenvalue weighted by Gasteiger charge is -2.56. The van der Waals surface area contributed by atoms with E-state index in [0.29, 0.717) is 5.41 Å². The third kappa shape index (κ3) is 3.02. The van der Waals surface area contributed by atoms with E-state index in [4.69, 9.17) is 9.97 Å². The number of rotatable bonds is 2. The summed E-state index contributed by atoms with van der Waals surface area (Å²) in [6, 6.07) is 2.39. The van der Waals surface area contributed by atoms with E-state index in [1.54, 1.807) is 0 Å². The summed E-state index contributed by atoms with van der Waals surface area (Å²) >= 11 is 0. The number of anilines is 1. The molecule has 0 unspecified atom stereocenters. The van der Waals surface area contributed by atoms with Crippen molar-refractivity contribution in [2.75, 3.05) is 18.0 Å². The molecule has 28 heavy (non-hydrogen) atoms. The van der Waals surface area contributed by atoms with Gasteiger partial charge >= 0.3 is 0 Å². The zero-order chi connectivity index (χ0) is 17.3. The summed E-state index contributed by atoms with van der Waals surface area (Å²) in [5.41, 5.74) is 4.22. The van der Waals surface area contributed by atoms with Crippen LogP contribution in [0.2, 0.25) is 0 Å². The van der Waals surface area contributed by atoms with Crippen LogP contribution in [-0.4, -0.2) is 33.5 Å². The topological polar surface area (TPSA) is 76.3 Å². The second kappa shape index (κ2) is 7.17. The molecule has 154 valence electrons. The van der Waals surface area contributed by atoms with Gasteiger partial charge in [0.05, 0.1) is 5.52 Å². The van der Waals surface area contributed by atoms with Gasteiger partial charge in [-0.1, -0.05) is 0 Å². The molecular formula is C22H33ClN4O. The van der Waals surface area contributed by atoms with Crippen LogP contribution in [0.3, 0.4) is 0 Å². The Labute approximate surface area is 173 Å². The number of aromatic nitrogens is 3. The van der Waals surface area contributed by atoms with E-state index >= 15 is 0 Å². The summed E-state index contributed by atoms with van der Waals surface area (Å²) in [4.78, 5) is 16.0. The van der Waals surface area contributed by atoms with E-state index in [9.17, 15) is 0 Å². The predicted molar refractivity (Wildman–Crippen MR) is 115 cm³/mol. The minimum absolute atomic E-state index is 0. The predicted octanol–water partition coefficient (Wildman–Crippen LogP) is 4.32. The summed E-state index contributed by atoms with van der Waals surface area (Å²) in [6.07, 6.45) is 12.6. The largest absolute Gasteiger partial charge is 0.412 e. The first-order valence-electron chi connectivity index (χ1n) is 10.8. The number of H-pyrrole nitrogens is 1. The molecule has 5 nitrogen and oxygen atoms in total. The van der Waals surface area contributed by atoms with Gasteiger partial charge in [-0.3, -0.25) is 0 Å². The van der Waals surface area contributed by atoms with E-state index in [1.165, 1.54) is 69.0 Å². The minimum atomic E-state index is 0. The highest BCUT2D eigenvalue weighted by molar-refractivity contribution is 5.87. The molecule has 0 aromatic carbocycles. The van der Waals surface area contributed by atoms with Gasteiger partial charge in [-0.15, -0.1) is 12.4 Å². The fraction of sp³-hybridized carbons (Fsp3) is 0.727. The molecule has 0 amide bonds. The highest BCUT2D eigenvalue weighted by atomic mass is 35.5. The molecule has 4 aliphatic carbocycles. The van der Waals surface area contributed by atoms with Crippen molar-refractivity contribution in [2.24, 2.45) is 17.8 Å². The average molecular weight is 405 g/mol. The Balaban J connectivity index is 0.000000961. The lowest BCUT2D eigenvalue weighted by Crippen LogP contribution is -2.48. The van der Waals surface area contributed by atoms with Crippen LogP contribution in [0.15, 0.2) is 6.07 Å². The smallest absolute Gasteiger partial charge is 0.156 e. The maximum Gasteiger partial charge on any atom is 0.156 e. The molecule has 7 rings (SSSR count). The number of hydrogen-bond donors (Lipinski definition) is 1. The van der Waals surface area contributed by atoms with Crippen LogP contribution in [0.4, 0.5) is 5.82 Å². The van der Waals surface area contributed by atoms with Crippen LogP contribution in [0.1, 0.15) is 69.3 Å². The van der Waals surface area contributed by atoms with Crippen molar-refractivity contribution >= 4 is 29.3 Å². The number of hydrogen-bond acceptors (Lipinski definition) is 3.